The maximum Gasteiger partial charge on any atom is 0.156 e. The minimum atomic E-state index is 0.482. The molecule has 1 aliphatic heterocycles. The van der Waals surface area contributed by atoms with Gasteiger partial charge in [-0.1, -0.05) is 51.3 Å². The number of aliphatic imine (C=N–C) groups is 1. The summed E-state index contributed by atoms with van der Waals surface area (Å²) in [6.45, 7) is 6.74. The SMILES string of the molecule is CCC(CC)C1CN=C(NCC2(SC)CCCC2)S1. The fraction of sp³-hybridized carbons (Fsp3) is 0.933. The molecule has 4 heteroatoms. The lowest BCUT2D eigenvalue weighted by molar-refractivity contribution is 0.479. The van der Waals surface area contributed by atoms with Crippen molar-refractivity contribution in [1.29, 1.82) is 0 Å². The van der Waals surface area contributed by atoms with Gasteiger partial charge in [0.2, 0.25) is 0 Å². The van der Waals surface area contributed by atoms with Crippen molar-refractivity contribution < 1.29 is 0 Å². The highest BCUT2D eigenvalue weighted by Gasteiger charge is 2.34. The molecule has 110 valence electrons. The van der Waals surface area contributed by atoms with E-state index >= 15 is 0 Å². The number of nitrogens with one attached hydrogen (secondary N) is 1. The maximum atomic E-state index is 4.72. The molecule has 1 aliphatic carbocycles. The molecular formula is C15H28N2S2. The maximum absolute atomic E-state index is 4.72. The van der Waals surface area contributed by atoms with Crippen molar-refractivity contribution in [1.82, 2.24) is 5.32 Å². The van der Waals surface area contributed by atoms with Gasteiger partial charge in [0.05, 0.1) is 6.54 Å². The Hall–Kier alpha value is 0.170. The van der Waals surface area contributed by atoms with E-state index in [1.165, 1.54) is 43.7 Å². The van der Waals surface area contributed by atoms with Gasteiger partial charge in [-0.2, -0.15) is 11.8 Å². The van der Waals surface area contributed by atoms with Gasteiger partial charge in [0.1, 0.15) is 0 Å². The summed E-state index contributed by atoms with van der Waals surface area (Å²) in [6.07, 6.45) is 10.4. The van der Waals surface area contributed by atoms with Crippen LogP contribution in [0.5, 0.6) is 0 Å². The first-order chi connectivity index (χ1) is 9.23. The zero-order valence-corrected chi connectivity index (χ0v) is 14.2. The summed E-state index contributed by atoms with van der Waals surface area (Å²) in [6, 6.07) is 0. The molecule has 2 aliphatic rings. The Bertz CT molecular complexity index is 307. The molecular weight excluding hydrogens is 272 g/mol. The molecule has 1 fully saturated rings. The Morgan fingerprint density at radius 1 is 1.37 bits per heavy atom. The first-order valence-corrected chi connectivity index (χ1v) is 9.83. The summed E-state index contributed by atoms with van der Waals surface area (Å²) in [5.74, 6) is 0.828. The van der Waals surface area contributed by atoms with E-state index in [1.807, 2.05) is 11.8 Å². The number of amidine groups is 1. The highest BCUT2D eigenvalue weighted by molar-refractivity contribution is 8.14. The molecule has 0 aromatic carbocycles. The molecule has 0 saturated heterocycles. The lowest BCUT2D eigenvalue weighted by atomic mass is 9.99. The molecule has 2 nitrogen and oxygen atoms in total. The zero-order chi connectivity index (χ0) is 13.7. The molecule has 1 atom stereocenters. The highest BCUT2D eigenvalue weighted by Crippen LogP contribution is 2.40. The van der Waals surface area contributed by atoms with E-state index in [0.29, 0.717) is 10.00 Å². The summed E-state index contributed by atoms with van der Waals surface area (Å²) >= 11 is 4.04. The third kappa shape index (κ3) is 3.84. The topological polar surface area (TPSA) is 24.4 Å². The van der Waals surface area contributed by atoms with Crippen molar-refractivity contribution in [2.75, 3.05) is 19.3 Å². The van der Waals surface area contributed by atoms with Gasteiger partial charge < -0.3 is 5.32 Å². The summed E-state index contributed by atoms with van der Waals surface area (Å²) in [5.41, 5.74) is 0. The molecule has 0 spiro atoms. The fourth-order valence-electron chi connectivity index (χ4n) is 3.26. The molecule has 1 unspecified atom stereocenters. The quantitative estimate of drug-likeness (QED) is 0.797. The van der Waals surface area contributed by atoms with Crippen LogP contribution in [0, 0.1) is 5.92 Å². The second-order valence-corrected chi connectivity index (χ2v) is 8.33. The van der Waals surface area contributed by atoms with Gasteiger partial charge in [-0.25, -0.2) is 0 Å². The van der Waals surface area contributed by atoms with E-state index in [2.05, 4.69) is 37.2 Å². The predicted octanol–water partition coefficient (Wildman–Crippen LogP) is 4.16. The van der Waals surface area contributed by atoms with Crippen LogP contribution in [0.4, 0.5) is 0 Å². The smallest absolute Gasteiger partial charge is 0.156 e. The van der Waals surface area contributed by atoms with E-state index in [-0.39, 0.29) is 0 Å². The highest BCUT2D eigenvalue weighted by atomic mass is 32.2. The second-order valence-electron chi connectivity index (χ2n) is 5.83. The van der Waals surface area contributed by atoms with Gasteiger partial charge in [-0.15, -0.1) is 0 Å². The van der Waals surface area contributed by atoms with Gasteiger partial charge in [0.25, 0.3) is 0 Å². The predicted molar refractivity (Wildman–Crippen MR) is 90.5 cm³/mol. The van der Waals surface area contributed by atoms with Crippen molar-refractivity contribution in [2.24, 2.45) is 10.9 Å². The van der Waals surface area contributed by atoms with Crippen LogP contribution < -0.4 is 5.32 Å². The first kappa shape index (κ1) is 15.6. The zero-order valence-electron chi connectivity index (χ0n) is 12.6. The Morgan fingerprint density at radius 3 is 2.63 bits per heavy atom. The van der Waals surface area contributed by atoms with Crippen LogP contribution in [0.1, 0.15) is 52.4 Å². The summed E-state index contributed by atoms with van der Waals surface area (Å²) in [4.78, 5) is 4.72. The van der Waals surface area contributed by atoms with Crippen molar-refractivity contribution in [2.45, 2.75) is 62.4 Å². The van der Waals surface area contributed by atoms with Crippen LogP contribution in [0.25, 0.3) is 0 Å². The lowest BCUT2D eigenvalue weighted by Gasteiger charge is -2.27. The largest absolute Gasteiger partial charge is 0.364 e. The van der Waals surface area contributed by atoms with Gasteiger partial charge >= 0.3 is 0 Å². The van der Waals surface area contributed by atoms with Gasteiger partial charge in [-0.05, 0) is 25.0 Å². The minimum absolute atomic E-state index is 0.482. The van der Waals surface area contributed by atoms with Gasteiger partial charge in [-0.3, -0.25) is 4.99 Å². The summed E-state index contributed by atoms with van der Waals surface area (Å²) in [5, 5.41) is 5.56. The average molecular weight is 301 g/mol. The number of hydrogen-bond acceptors (Lipinski definition) is 4. The normalized spacial score (nSPS) is 25.9. The molecule has 2 rings (SSSR count). The number of hydrogen-bond donors (Lipinski definition) is 1. The third-order valence-corrected chi connectivity index (χ3v) is 7.51. The standard InChI is InChI=1S/C15H28N2S2/c1-4-12(5-2)13-10-16-14(19-13)17-11-15(18-3)8-6-7-9-15/h12-13H,4-11H2,1-3H3,(H,16,17). The Labute approximate surface area is 127 Å². The van der Waals surface area contributed by atoms with E-state index in [1.54, 1.807) is 0 Å². The number of rotatable bonds is 6. The van der Waals surface area contributed by atoms with E-state index in [9.17, 15) is 0 Å². The van der Waals surface area contributed by atoms with Crippen LogP contribution in [-0.4, -0.2) is 34.5 Å². The molecule has 19 heavy (non-hydrogen) atoms. The molecule has 1 saturated carbocycles. The van der Waals surface area contributed by atoms with Crippen LogP contribution in [0.3, 0.4) is 0 Å². The monoisotopic (exact) mass is 300 g/mol. The molecule has 1 N–H and O–H groups in total. The minimum Gasteiger partial charge on any atom is -0.364 e. The van der Waals surface area contributed by atoms with Gasteiger partial charge in [0.15, 0.2) is 5.17 Å². The summed E-state index contributed by atoms with van der Waals surface area (Å²) in [7, 11) is 0. The molecule has 0 aromatic heterocycles. The van der Waals surface area contributed by atoms with E-state index in [0.717, 1.165) is 19.0 Å². The van der Waals surface area contributed by atoms with E-state index in [4.69, 9.17) is 4.99 Å². The Kier molecular flexibility index (Phi) is 5.94. The fourth-order valence-corrected chi connectivity index (χ4v) is 5.49. The van der Waals surface area contributed by atoms with Crippen molar-refractivity contribution in [3.8, 4) is 0 Å². The van der Waals surface area contributed by atoms with Crippen LogP contribution >= 0.6 is 23.5 Å². The van der Waals surface area contributed by atoms with Crippen molar-refractivity contribution in [3.05, 3.63) is 0 Å². The Balaban J connectivity index is 1.79. The summed E-state index contributed by atoms with van der Waals surface area (Å²) < 4.78 is 0.482. The van der Waals surface area contributed by atoms with Crippen LogP contribution in [0.2, 0.25) is 0 Å². The molecule has 1 heterocycles. The third-order valence-electron chi connectivity index (χ3n) is 4.76. The van der Waals surface area contributed by atoms with Crippen molar-refractivity contribution in [3.63, 3.8) is 0 Å². The molecule has 0 amide bonds. The molecule has 0 bridgehead atoms. The average Bonchev–Trinajstić information content (AvgIpc) is 3.08. The number of thioether (sulfide) groups is 2. The number of nitrogens with zero attached hydrogens (tertiary/aromatic N) is 1. The van der Waals surface area contributed by atoms with Crippen LogP contribution in [0.15, 0.2) is 4.99 Å². The van der Waals surface area contributed by atoms with Crippen molar-refractivity contribution >= 4 is 28.7 Å². The van der Waals surface area contributed by atoms with Crippen LogP contribution in [-0.2, 0) is 0 Å². The lowest BCUT2D eigenvalue weighted by Crippen LogP contribution is -2.37. The first-order valence-electron chi connectivity index (χ1n) is 7.73. The van der Waals surface area contributed by atoms with E-state index < -0.39 is 0 Å². The van der Waals surface area contributed by atoms with Gasteiger partial charge in [0, 0.05) is 16.5 Å². The Morgan fingerprint density at radius 2 is 2.05 bits per heavy atom. The second kappa shape index (κ2) is 7.26. The molecule has 0 aromatic rings. The molecule has 0 radical (unpaired) electrons.